The van der Waals surface area contributed by atoms with Crippen LogP contribution in [0.25, 0.3) is 21.9 Å². The molecule has 0 aliphatic carbocycles. The van der Waals surface area contributed by atoms with Crippen LogP contribution in [0.2, 0.25) is 0 Å². The van der Waals surface area contributed by atoms with E-state index in [1.807, 2.05) is 12.1 Å². The fourth-order valence-electron chi connectivity index (χ4n) is 6.82. The van der Waals surface area contributed by atoms with Crippen molar-refractivity contribution in [2.24, 2.45) is 20.5 Å². The number of hydrogen-bond donors (Lipinski definition) is 7. The zero-order valence-corrected chi connectivity index (χ0v) is 40.7. The number of azo groups is 2. The van der Waals surface area contributed by atoms with Crippen LogP contribution >= 0.6 is 11.3 Å². The Balaban J connectivity index is 1.42. The number of nitriles is 2. The second-order valence-electron chi connectivity index (χ2n) is 14.9. The van der Waals surface area contributed by atoms with Gasteiger partial charge >= 0.3 is 0 Å². The Morgan fingerprint density at radius 1 is 0.644 bits per heavy atom. The lowest BCUT2D eigenvalue weighted by Gasteiger charge is -2.16. The van der Waals surface area contributed by atoms with Crippen molar-refractivity contribution in [2.45, 2.75) is 33.4 Å². The number of aromatic nitrogens is 1. The van der Waals surface area contributed by atoms with E-state index < -0.39 is 93.0 Å². The minimum absolute atomic E-state index is 0.0222. The van der Waals surface area contributed by atoms with Crippen molar-refractivity contribution in [1.29, 1.82) is 10.5 Å². The molecule has 372 valence electrons. The summed E-state index contributed by atoms with van der Waals surface area (Å²) in [5.41, 5.74) is -0.844. The van der Waals surface area contributed by atoms with Crippen molar-refractivity contribution in [3.63, 3.8) is 0 Å². The number of nitro groups is 1. The van der Waals surface area contributed by atoms with Gasteiger partial charge in [0.05, 0.1) is 26.0 Å². The Kier molecular flexibility index (Phi) is 14.3. The maximum absolute atomic E-state index is 12.6. The van der Waals surface area contributed by atoms with E-state index in [4.69, 9.17) is 0 Å². The summed E-state index contributed by atoms with van der Waals surface area (Å²) in [6, 6.07) is 22.0. The minimum Gasteiger partial charge on any atom is -0.339 e. The zero-order valence-electron chi connectivity index (χ0n) is 36.6. The minimum atomic E-state index is -5.30. The number of anilines is 5. The number of carbonyl (C=O) groups is 1. The highest BCUT2D eigenvalue weighted by Crippen LogP contribution is 2.49. The van der Waals surface area contributed by atoms with Crippen LogP contribution in [0.4, 0.5) is 55.8 Å². The average Bonchev–Trinajstić information content (AvgIpc) is 3.66. The van der Waals surface area contributed by atoms with Gasteiger partial charge in [-0.15, -0.1) is 20.5 Å². The summed E-state index contributed by atoms with van der Waals surface area (Å²) >= 11 is 0.671. The maximum atomic E-state index is 12.6. The van der Waals surface area contributed by atoms with E-state index >= 15 is 0 Å². The third-order valence-corrected chi connectivity index (χ3v) is 14.5. The average molecular weight is 1090 g/mol. The number of amides is 1. The van der Waals surface area contributed by atoms with Gasteiger partial charge < -0.3 is 16.0 Å². The summed E-state index contributed by atoms with van der Waals surface area (Å²) in [6.07, 6.45) is 0. The van der Waals surface area contributed by atoms with Gasteiger partial charge in [-0.3, -0.25) is 33.1 Å². The molecule has 2 aromatic heterocycles. The van der Waals surface area contributed by atoms with Crippen LogP contribution in [0, 0.1) is 39.7 Å². The quantitative estimate of drug-likeness (QED) is 0.0217. The first-order valence-corrected chi connectivity index (χ1v) is 26.4. The molecule has 0 spiro atoms. The van der Waals surface area contributed by atoms with Gasteiger partial charge in [0.2, 0.25) is 5.91 Å². The van der Waals surface area contributed by atoms with Crippen LogP contribution in [0.15, 0.2) is 137 Å². The Morgan fingerprint density at radius 3 is 1.63 bits per heavy atom. The number of non-ortho nitro benzene ring substituents is 1. The normalized spacial score (nSPS) is 12.2. The summed E-state index contributed by atoms with van der Waals surface area (Å²) in [5, 5.41) is 56.5. The third-order valence-electron chi connectivity index (χ3n) is 10.1. The Bertz CT molecular complexity index is 4080. The summed E-state index contributed by atoms with van der Waals surface area (Å²) < 4.78 is 136. The molecule has 7 N–H and O–H groups in total. The molecule has 7 rings (SSSR count). The van der Waals surface area contributed by atoms with Gasteiger partial charge in [0.1, 0.15) is 38.2 Å². The summed E-state index contributed by atoms with van der Waals surface area (Å²) in [7, 11) is -19.8. The molecule has 0 saturated carbocycles. The molecule has 0 radical (unpaired) electrons. The molecule has 5 aromatic carbocycles. The zero-order chi connectivity index (χ0) is 53.4. The molecule has 26 nitrogen and oxygen atoms in total. The molecule has 0 aliphatic rings. The van der Waals surface area contributed by atoms with E-state index in [2.05, 4.69) is 41.4 Å². The van der Waals surface area contributed by atoms with Crippen molar-refractivity contribution in [3.8, 4) is 23.3 Å². The third kappa shape index (κ3) is 11.7. The number of hydrogen-bond acceptors (Lipinski definition) is 21. The fourth-order valence-corrected chi connectivity index (χ4v) is 10.1. The summed E-state index contributed by atoms with van der Waals surface area (Å²) in [4.78, 5) is 23.8. The molecule has 0 fully saturated rings. The van der Waals surface area contributed by atoms with Gasteiger partial charge in [0, 0.05) is 58.0 Å². The Labute approximate surface area is 416 Å². The second-order valence-corrected chi connectivity index (χ2v) is 21.5. The molecule has 2 heterocycles. The molecular weight excluding hydrogens is 1060 g/mol. The van der Waals surface area contributed by atoms with Crippen molar-refractivity contribution >= 4 is 124 Å². The topological polar surface area (TPSA) is 424 Å². The van der Waals surface area contributed by atoms with E-state index in [1.54, 1.807) is 0 Å². The summed E-state index contributed by atoms with van der Waals surface area (Å²) in [5.74, 6) is -0.679. The van der Waals surface area contributed by atoms with Gasteiger partial charge in [-0.2, -0.15) is 44.2 Å². The smallest absolute Gasteiger partial charge is 0.295 e. The summed E-state index contributed by atoms with van der Waals surface area (Å²) in [6.45, 7) is 2.72. The van der Waals surface area contributed by atoms with Gasteiger partial charge in [-0.25, -0.2) is 4.98 Å². The first kappa shape index (κ1) is 52.3. The number of carbonyl (C=O) groups excluding carboxylic acids is 1. The lowest BCUT2D eigenvalue weighted by molar-refractivity contribution is -0.384. The largest absolute Gasteiger partial charge is 0.339 e. The molecule has 0 aliphatic heterocycles. The van der Waals surface area contributed by atoms with Crippen molar-refractivity contribution in [3.05, 3.63) is 124 Å². The number of nitrogens with zero attached hydrogens (tertiary/aromatic N) is 8. The van der Waals surface area contributed by atoms with E-state index in [1.165, 1.54) is 62.4 Å². The number of benzene rings is 5. The number of thiophene rings is 1. The van der Waals surface area contributed by atoms with Gasteiger partial charge in [-0.1, -0.05) is 23.5 Å². The van der Waals surface area contributed by atoms with Crippen LogP contribution in [0.1, 0.15) is 23.6 Å². The van der Waals surface area contributed by atoms with Crippen molar-refractivity contribution < 1.29 is 61.6 Å². The molecule has 0 saturated heterocycles. The standard InChI is InChI=1S/C42H29N11O15S5/c1-21-33(19-43)39(46-25-7-11-29(12-8-25)70(57,58)59)48-40(47-26-9-13-30(14-10-26)71(60,61)62)38(21)50-51-41-34(20-44)37(23-3-5-24(6-4-23)45-22(2)54)42(69-41)52-49-27-15-31-32(35(16-27)72(63,64)65)17-28(53(55)56)18-36(31)73(66,67)68/h3-18H,1-2H3,(H,45,54)(H2,46,47,48)(H,57,58,59)(H,60,61,62)(H,63,64,65)(H,66,67,68)/b51-50?,52-49+. The van der Waals surface area contributed by atoms with Crippen LogP contribution in [-0.4, -0.2) is 67.7 Å². The second kappa shape index (κ2) is 20.0. The lowest BCUT2D eigenvalue weighted by atomic mass is 10.0. The van der Waals surface area contributed by atoms with Crippen molar-refractivity contribution in [1.82, 2.24) is 4.98 Å². The molecule has 0 unspecified atom stereocenters. The lowest BCUT2D eigenvalue weighted by Crippen LogP contribution is -2.05. The highest BCUT2D eigenvalue weighted by Gasteiger charge is 2.27. The molecule has 1 amide bonds. The number of nitro benzene ring substituents is 1. The highest BCUT2D eigenvalue weighted by atomic mass is 32.2. The number of nitrogens with one attached hydrogen (secondary N) is 3. The SMILES string of the molecule is CC(=O)Nc1ccc(-c2c(/N=N/c3cc(S(=O)(=O)O)c4cc([N+](=O)[O-])cc(S(=O)(=O)O)c4c3)sc(N=Nc3c(Nc4ccc(S(=O)(=O)O)cc4)nc(Nc4ccc(S(=O)(=O)O)cc4)c(C#N)c3C)c2C#N)cc1. The fraction of sp³-hybridized carbons (Fsp3) is 0.0476. The first-order valence-electron chi connectivity index (χ1n) is 19.8. The Morgan fingerprint density at radius 2 is 1.14 bits per heavy atom. The predicted molar refractivity (Wildman–Crippen MR) is 260 cm³/mol. The number of pyridine rings is 1. The van der Waals surface area contributed by atoms with Gasteiger partial charge in [0.15, 0.2) is 16.6 Å². The van der Waals surface area contributed by atoms with Gasteiger partial charge in [-0.05, 0) is 85.3 Å². The number of fused-ring (bicyclic) bond motifs is 1. The van der Waals surface area contributed by atoms with E-state index in [-0.39, 0.29) is 66.5 Å². The van der Waals surface area contributed by atoms with Crippen LogP contribution in [0.5, 0.6) is 0 Å². The molecule has 0 atom stereocenters. The van der Waals surface area contributed by atoms with E-state index in [0.717, 1.165) is 30.3 Å². The number of rotatable bonds is 15. The van der Waals surface area contributed by atoms with E-state index in [0.29, 0.717) is 35.2 Å². The molecular formula is C42H29N11O15S5. The molecule has 0 bridgehead atoms. The molecule has 73 heavy (non-hydrogen) atoms. The maximum Gasteiger partial charge on any atom is 0.295 e. The van der Waals surface area contributed by atoms with Crippen molar-refractivity contribution in [2.75, 3.05) is 16.0 Å². The molecule has 31 heteroatoms. The first-order chi connectivity index (χ1) is 34.2. The van der Waals surface area contributed by atoms with Crippen LogP contribution in [0.3, 0.4) is 0 Å². The van der Waals surface area contributed by atoms with Crippen LogP contribution in [-0.2, 0) is 45.3 Å². The van der Waals surface area contributed by atoms with E-state index in [9.17, 15) is 77.3 Å². The van der Waals surface area contributed by atoms with Gasteiger partial charge in [0.25, 0.3) is 46.2 Å². The highest BCUT2D eigenvalue weighted by molar-refractivity contribution is 7.86. The Hall–Kier alpha value is -8.50. The molecule has 7 aromatic rings. The van der Waals surface area contributed by atoms with Crippen LogP contribution < -0.4 is 16.0 Å². The monoisotopic (exact) mass is 1090 g/mol. The predicted octanol–water partition coefficient (Wildman–Crippen LogP) is 9.19.